The van der Waals surface area contributed by atoms with E-state index in [9.17, 15) is 0 Å². The fourth-order valence-corrected chi connectivity index (χ4v) is 2.00. The molecule has 1 saturated heterocycles. The van der Waals surface area contributed by atoms with Crippen LogP contribution in [-0.4, -0.2) is 55.6 Å². The van der Waals surface area contributed by atoms with Crippen LogP contribution in [0.1, 0.15) is 13.8 Å². The Bertz CT molecular complexity index is 139. The summed E-state index contributed by atoms with van der Waals surface area (Å²) >= 11 is 0. The van der Waals surface area contributed by atoms with Gasteiger partial charge in [-0.25, -0.2) is 0 Å². The molecule has 13 heavy (non-hydrogen) atoms. The number of nitrogens with two attached hydrogens (primary N) is 1. The van der Waals surface area contributed by atoms with Gasteiger partial charge in [0.2, 0.25) is 0 Å². The van der Waals surface area contributed by atoms with Crippen LogP contribution in [0.15, 0.2) is 0 Å². The first kappa shape index (κ1) is 11.0. The van der Waals surface area contributed by atoms with Crippen LogP contribution in [0.2, 0.25) is 0 Å². The van der Waals surface area contributed by atoms with Crippen LogP contribution in [0.4, 0.5) is 0 Å². The second-order valence-electron chi connectivity index (χ2n) is 4.39. The Hall–Kier alpha value is -0.120. The number of piperazine rings is 1. The van der Waals surface area contributed by atoms with Crippen molar-refractivity contribution in [3.63, 3.8) is 0 Å². The maximum atomic E-state index is 5.78. The third-order valence-corrected chi connectivity index (χ3v) is 3.02. The van der Waals surface area contributed by atoms with Crippen molar-refractivity contribution in [2.45, 2.75) is 19.9 Å². The molecule has 78 valence electrons. The molecule has 0 spiro atoms. The standard InChI is InChI=1S/C10H23N3/c1-9(2)10(8-11)13-6-4-12(3)5-7-13/h9-10H,4-8,11H2,1-3H3. The minimum absolute atomic E-state index is 0.578. The smallest absolute Gasteiger partial charge is 0.0242 e. The monoisotopic (exact) mass is 185 g/mol. The lowest BCUT2D eigenvalue weighted by Gasteiger charge is -2.39. The molecule has 2 N–H and O–H groups in total. The fraction of sp³-hybridized carbons (Fsp3) is 1.00. The highest BCUT2D eigenvalue weighted by molar-refractivity contribution is 4.79. The second-order valence-corrected chi connectivity index (χ2v) is 4.39. The summed E-state index contributed by atoms with van der Waals surface area (Å²) in [5, 5.41) is 0. The molecule has 3 heteroatoms. The largest absolute Gasteiger partial charge is 0.329 e. The molecule has 1 aliphatic heterocycles. The first-order valence-corrected chi connectivity index (χ1v) is 5.27. The number of rotatable bonds is 3. The third-order valence-electron chi connectivity index (χ3n) is 3.02. The van der Waals surface area contributed by atoms with E-state index in [4.69, 9.17) is 5.73 Å². The molecular weight excluding hydrogens is 162 g/mol. The summed E-state index contributed by atoms with van der Waals surface area (Å²) in [6.07, 6.45) is 0. The van der Waals surface area contributed by atoms with Crippen LogP contribution in [0, 0.1) is 5.92 Å². The highest BCUT2D eigenvalue weighted by Crippen LogP contribution is 2.11. The summed E-state index contributed by atoms with van der Waals surface area (Å²) in [6, 6.07) is 0.578. The molecule has 1 heterocycles. The quantitative estimate of drug-likeness (QED) is 0.682. The van der Waals surface area contributed by atoms with Gasteiger partial charge >= 0.3 is 0 Å². The topological polar surface area (TPSA) is 32.5 Å². The summed E-state index contributed by atoms with van der Waals surface area (Å²) in [6.45, 7) is 10.0. The molecule has 0 aromatic rings. The van der Waals surface area contributed by atoms with Crippen LogP contribution < -0.4 is 5.73 Å². The Morgan fingerprint density at radius 2 is 1.69 bits per heavy atom. The molecule has 3 nitrogen and oxygen atoms in total. The Balaban J connectivity index is 2.41. The van der Waals surface area contributed by atoms with Crippen molar-refractivity contribution in [2.24, 2.45) is 11.7 Å². The van der Waals surface area contributed by atoms with Gasteiger partial charge in [-0.1, -0.05) is 13.8 Å². The summed E-state index contributed by atoms with van der Waals surface area (Å²) in [5.41, 5.74) is 5.78. The van der Waals surface area contributed by atoms with Crippen molar-refractivity contribution < 1.29 is 0 Å². The molecule has 0 saturated carbocycles. The lowest BCUT2D eigenvalue weighted by atomic mass is 10.0. The molecule has 1 unspecified atom stereocenters. The van der Waals surface area contributed by atoms with E-state index in [-0.39, 0.29) is 0 Å². The number of likely N-dealkylation sites (N-methyl/N-ethyl adjacent to an activating group) is 1. The molecule has 0 bridgehead atoms. The SMILES string of the molecule is CC(C)C(CN)N1CCN(C)CC1. The Labute approximate surface area is 81.9 Å². The van der Waals surface area contributed by atoms with Gasteiger partial charge in [-0.05, 0) is 13.0 Å². The predicted octanol–water partition coefficient (Wildman–Crippen LogP) is 0.217. The predicted molar refractivity (Wildman–Crippen MR) is 56.8 cm³/mol. The zero-order chi connectivity index (χ0) is 9.84. The van der Waals surface area contributed by atoms with E-state index in [1.54, 1.807) is 0 Å². The summed E-state index contributed by atoms with van der Waals surface area (Å²) in [5.74, 6) is 0.674. The molecule has 0 aromatic carbocycles. The van der Waals surface area contributed by atoms with E-state index in [1.807, 2.05) is 0 Å². The lowest BCUT2D eigenvalue weighted by molar-refractivity contribution is 0.0923. The van der Waals surface area contributed by atoms with E-state index in [0.717, 1.165) is 6.54 Å². The average Bonchev–Trinajstić information content (AvgIpc) is 2.09. The van der Waals surface area contributed by atoms with E-state index >= 15 is 0 Å². The van der Waals surface area contributed by atoms with Crippen molar-refractivity contribution >= 4 is 0 Å². The molecule has 0 radical (unpaired) electrons. The van der Waals surface area contributed by atoms with Crippen LogP contribution in [0.3, 0.4) is 0 Å². The van der Waals surface area contributed by atoms with Gasteiger partial charge in [-0.3, -0.25) is 4.90 Å². The molecule has 1 atom stereocenters. The highest BCUT2D eigenvalue weighted by atomic mass is 15.3. The normalized spacial score (nSPS) is 23.8. The molecular formula is C10H23N3. The van der Waals surface area contributed by atoms with Crippen molar-refractivity contribution in [1.29, 1.82) is 0 Å². The highest BCUT2D eigenvalue weighted by Gasteiger charge is 2.23. The Morgan fingerprint density at radius 1 is 1.15 bits per heavy atom. The second kappa shape index (κ2) is 4.94. The maximum absolute atomic E-state index is 5.78. The zero-order valence-electron chi connectivity index (χ0n) is 9.16. The first-order valence-electron chi connectivity index (χ1n) is 5.27. The zero-order valence-corrected chi connectivity index (χ0v) is 9.16. The molecule has 1 aliphatic rings. The summed E-state index contributed by atoms with van der Waals surface area (Å²) in [4.78, 5) is 4.91. The Kier molecular flexibility index (Phi) is 4.16. The van der Waals surface area contributed by atoms with Crippen molar-refractivity contribution in [1.82, 2.24) is 9.80 Å². The lowest BCUT2D eigenvalue weighted by Crippen LogP contribution is -2.53. The first-order chi connectivity index (χ1) is 6.15. The van der Waals surface area contributed by atoms with E-state index in [1.165, 1.54) is 26.2 Å². The van der Waals surface area contributed by atoms with Crippen molar-refractivity contribution in [3.8, 4) is 0 Å². The fourth-order valence-electron chi connectivity index (χ4n) is 2.00. The van der Waals surface area contributed by atoms with Gasteiger partial charge in [0, 0.05) is 38.8 Å². The number of hydrogen-bond acceptors (Lipinski definition) is 3. The van der Waals surface area contributed by atoms with Gasteiger partial charge < -0.3 is 10.6 Å². The minimum atomic E-state index is 0.578. The summed E-state index contributed by atoms with van der Waals surface area (Å²) < 4.78 is 0. The van der Waals surface area contributed by atoms with Crippen molar-refractivity contribution in [2.75, 3.05) is 39.8 Å². The van der Waals surface area contributed by atoms with Crippen LogP contribution >= 0.6 is 0 Å². The number of nitrogens with zero attached hydrogens (tertiary/aromatic N) is 2. The van der Waals surface area contributed by atoms with E-state index in [2.05, 4.69) is 30.7 Å². The van der Waals surface area contributed by atoms with Crippen molar-refractivity contribution in [3.05, 3.63) is 0 Å². The maximum Gasteiger partial charge on any atom is 0.0242 e. The van der Waals surface area contributed by atoms with Gasteiger partial charge in [0.05, 0.1) is 0 Å². The van der Waals surface area contributed by atoms with Gasteiger partial charge in [0.25, 0.3) is 0 Å². The average molecular weight is 185 g/mol. The van der Waals surface area contributed by atoms with Gasteiger partial charge in [-0.15, -0.1) is 0 Å². The van der Waals surface area contributed by atoms with Gasteiger partial charge in [0.15, 0.2) is 0 Å². The number of hydrogen-bond donors (Lipinski definition) is 1. The molecule has 0 aromatic heterocycles. The minimum Gasteiger partial charge on any atom is -0.329 e. The van der Waals surface area contributed by atoms with E-state index in [0.29, 0.717) is 12.0 Å². The summed E-state index contributed by atoms with van der Waals surface area (Å²) in [7, 11) is 2.18. The Morgan fingerprint density at radius 3 is 2.08 bits per heavy atom. The van der Waals surface area contributed by atoms with Gasteiger partial charge in [0.1, 0.15) is 0 Å². The van der Waals surface area contributed by atoms with Gasteiger partial charge in [-0.2, -0.15) is 0 Å². The van der Waals surface area contributed by atoms with Crippen LogP contribution in [-0.2, 0) is 0 Å². The molecule has 0 aliphatic carbocycles. The molecule has 0 amide bonds. The third kappa shape index (κ3) is 2.93. The molecule has 1 fully saturated rings. The molecule has 1 rings (SSSR count). The van der Waals surface area contributed by atoms with Crippen LogP contribution in [0.5, 0.6) is 0 Å². The van der Waals surface area contributed by atoms with Crippen LogP contribution in [0.25, 0.3) is 0 Å². The van der Waals surface area contributed by atoms with E-state index < -0.39 is 0 Å².